The molecule has 8 aromatic carbocycles. The summed E-state index contributed by atoms with van der Waals surface area (Å²) < 4.78 is 2.68. The molecule has 0 N–H and O–H groups in total. The molecule has 0 atom stereocenters. The Bertz CT molecular complexity index is 2460. The first kappa shape index (κ1) is 25.9. The Morgan fingerprint density at radius 3 is 1.38 bits per heavy atom. The molecule has 0 radical (unpaired) electrons. The molecule has 0 saturated carbocycles. The van der Waals surface area contributed by atoms with E-state index in [1.165, 1.54) is 86.2 Å². The van der Waals surface area contributed by atoms with Crippen molar-refractivity contribution < 1.29 is 0 Å². The summed E-state index contributed by atoms with van der Waals surface area (Å²) in [5.74, 6) is 0. The lowest BCUT2D eigenvalue weighted by Crippen LogP contribution is -1.91. The van der Waals surface area contributed by atoms with Gasteiger partial charge in [0.05, 0.1) is 0 Å². The second-order valence-corrected chi connectivity index (χ2v) is 12.8. The highest BCUT2D eigenvalue weighted by atomic mass is 32.1. The van der Waals surface area contributed by atoms with Crippen LogP contribution in [0.5, 0.6) is 0 Å². The average Bonchev–Trinajstić information content (AvgIpc) is 3.49. The van der Waals surface area contributed by atoms with E-state index < -0.39 is 0 Å². The zero-order valence-electron chi connectivity index (χ0n) is 24.6. The Labute approximate surface area is 266 Å². The average molecular weight is 589 g/mol. The van der Waals surface area contributed by atoms with Crippen LogP contribution >= 0.6 is 11.3 Å². The van der Waals surface area contributed by atoms with Crippen molar-refractivity contribution in [3.63, 3.8) is 0 Å². The molecule has 0 fully saturated rings. The highest BCUT2D eigenvalue weighted by molar-refractivity contribution is 7.25. The Morgan fingerprint density at radius 1 is 0.244 bits per heavy atom. The normalized spacial score (nSPS) is 11.6. The summed E-state index contributed by atoms with van der Waals surface area (Å²) in [7, 11) is 0. The minimum Gasteiger partial charge on any atom is -0.135 e. The van der Waals surface area contributed by atoms with E-state index in [-0.39, 0.29) is 0 Å². The van der Waals surface area contributed by atoms with Crippen molar-refractivity contribution in [2.75, 3.05) is 0 Å². The van der Waals surface area contributed by atoms with Crippen LogP contribution < -0.4 is 0 Å². The summed E-state index contributed by atoms with van der Waals surface area (Å²) in [5, 5.41) is 7.76. The first-order chi connectivity index (χ1) is 22.3. The molecular weight excluding hydrogens is 561 g/mol. The van der Waals surface area contributed by atoms with Gasteiger partial charge in [0, 0.05) is 20.2 Å². The third-order valence-electron chi connectivity index (χ3n) is 9.07. The predicted molar refractivity (Wildman–Crippen MR) is 196 cm³/mol. The smallest absolute Gasteiger partial charge is 0.0355 e. The van der Waals surface area contributed by atoms with E-state index in [0.29, 0.717) is 0 Å². The Kier molecular flexibility index (Phi) is 6.11. The van der Waals surface area contributed by atoms with Crippen LogP contribution in [0.3, 0.4) is 0 Å². The van der Waals surface area contributed by atoms with Gasteiger partial charge in [-0.15, -0.1) is 11.3 Å². The van der Waals surface area contributed by atoms with Crippen molar-refractivity contribution in [1.29, 1.82) is 0 Å². The number of fused-ring (bicyclic) bond motifs is 5. The molecule has 0 saturated heterocycles. The second-order valence-electron chi connectivity index (χ2n) is 11.7. The van der Waals surface area contributed by atoms with Gasteiger partial charge < -0.3 is 0 Å². The molecular formula is C44H28S. The predicted octanol–water partition coefficient (Wildman–Crippen LogP) is 13.0. The van der Waals surface area contributed by atoms with Gasteiger partial charge in [0.25, 0.3) is 0 Å². The number of thiophene rings is 1. The maximum Gasteiger partial charge on any atom is 0.0355 e. The van der Waals surface area contributed by atoms with Crippen LogP contribution in [0.4, 0.5) is 0 Å². The molecule has 9 rings (SSSR count). The van der Waals surface area contributed by atoms with E-state index in [9.17, 15) is 0 Å². The molecule has 0 spiro atoms. The minimum atomic E-state index is 1.23. The summed E-state index contributed by atoms with van der Waals surface area (Å²) in [6, 6.07) is 62.2. The molecule has 1 heteroatoms. The lowest BCUT2D eigenvalue weighted by Gasteiger charge is -2.18. The van der Waals surface area contributed by atoms with Crippen LogP contribution in [0.15, 0.2) is 170 Å². The fourth-order valence-corrected chi connectivity index (χ4v) is 8.06. The highest BCUT2D eigenvalue weighted by Gasteiger charge is 2.17. The first-order valence-corrected chi connectivity index (χ1v) is 16.2. The lowest BCUT2D eigenvalue weighted by molar-refractivity contribution is 1.61. The standard InChI is InChI=1S/C44H28S/c1-2-11-29(12-3-1)32-13-10-14-34(27-32)44-38-18-6-4-16-36(38)43(37-17-5-7-19-39(37)44)31-23-21-30(22-24-31)33-25-26-42-40(28-33)35-15-8-9-20-41(35)45-42/h1-28H. The maximum absolute atomic E-state index is 2.35. The third-order valence-corrected chi connectivity index (χ3v) is 10.2. The lowest BCUT2D eigenvalue weighted by atomic mass is 9.85. The summed E-state index contributed by atoms with van der Waals surface area (Å²) in [5.41, 5.74) is 10.00. The van der Waals surface area contributed by atoms with Crippen molar-refractivity contribution in [3.05, 3.63) is 170 Å². The van der Waals surface area contributed by atoms with Crippen LogP contribution in [0.25, 0.3) is 86.2 Å². The molecule has 9 aromatic rings. The van der Waals surface area contributed by atoms with Crippen molar-refractivity contribution in [3.8, 4) is 44.5 Å². The van der Waals surface area contributed by atoms with E-state index in [4.69, 9.17) is 0 Å². The van der Waals surface area contributed by atoms with Gasteiger partial charge in [0.2, 0.25) is 0 Å². The summed E-state index contributed by atoms with van der Waals surface area (Å²) in [4.78, 5) is 0. The fourth-order valence-electron chi connectivity index (χ4n) is 6.97. The van der Waals surface area contributed by atoms with Gasteiger partial charge in [0.15, 0.2) is 0 Å². The summed E-state index contributed by atoms with van der Waals surface area (Å²) in [6.45, 7) is 0. The largest absolute Gasteiger partial charge is 0.135 e. The molecule has 0 bridgehead atoms. The van der Waals surface area contributed by atoms with Crippen LogP contribution in [-0.2, 0) is 0 Å². The van der Waals surface area contributed by atoms with Crippen molar-refractivity contribution >= 4 is 53.1 Å². The zero-order valence-corrected chi connectivity index (χ0v) is 25.4. The van der Waals surface area contributed by atoms with Crippen molar-refractivity contribution in [1.82, 2.24) is 0 Å². The maximum atomic E-state index is 2.35. The zero-order chi connectivity index (χ0) is 29.7. The molecule has 0 nitrogen and oxygen atoms in total. The van der Waals surface area contributed by atoms with E-state index >= 15 is 0 Å². The van der Waals surface area contributed by atoms with Gasteiger partial charge in [-0.3, -0.25) is 0 Å². The molecule has 0 aliphatic rings. The topological polar surface area (TPSA) is 0 Å². The van der Waals surface area contributed by atoms with Gasteiger partial charge in [-0.1, -0.05) is 146 Å². The molecule has 0 amide bonds. The SMILES string of the molecule is c1ccc(-c2cccc(-c3c4ccccc4c(-c4ccc(-c5ccc6sc7ccccc7c6c5)cc4)c4ccccc34)c2)cc1. The van der Waals surface area contributed by atoms with Crippen LogP contribution in [0.1, 0.15) is 0 Å². The Hall–Kier alpha value is -5.50. The minimum absolute atomic E-state index is 1.23. The van der Waals surface area contributed by atoms with Gasteiger partial charge in [-0.2, -0.15) is 0 Å². The molecule has 0 aliphatic heterocycles. The van der Waals surface area contributed by atoms with E-state index in [1.54, 1.807) is 0 Å². The van der Waals surface area contributed by atoms with E-state index in [0.717, 1.165) is 0 Å². The van der Waals surface area contributed by atoms with Crippen LogP contribution in [-0.4, -0.2) is 0 Å². The quantitative estimate of drug-likeness (QED) is 0.179. The summed E-state index contributed by atoms with van der Waals surface area (Å²) in [6.07, 6.45) is 0. The van der Waals surface area contributed by atoms with E-state index in [1.807, 2.05) is 11.3 Å². The highest BCUT2D eigenvalue weighted by Crippen LogP contribution is 2.44. The first-order valence-electron chi connectivity index (χ1n) is 15.4. The monoisotopic (exact) mass is 588 g/mol. The van der Waals surface area contributed by atoms with Crippen molar-refractivity contribution in [2.24, 2.45) is 0 Å². The number of rotatable bonds is 4. The molecule has 0 aliphatic carbocycles. The van der Waals surface area contributed by atoms with Gasteiger partial charge in [-0.25, -0.2) is 0 Å². The number of benzene rings is 8. The number of hydrogen-bond acceptors (Lipinski definition) is 1. The molecule has 45 heavy (non-hydrogen) atoms. The molecule has 0 unspecified atom stereocenters. The van der Waals surface area contributed by atoms with Crippen molar-refractivity contribution in [2.45, 2.75) is 0 Å². The van der Waals surface area contributed by atoms with Crippen LogP contribution in [0.2, 0.25) is 0 Å². The van der Waals surface area contributed by atoms with Gasteiger partial charge in [0.1, 0.15) is 0 Å². The Morgan fingerprint density at radius 2 is 0.689 bits per heavy atom. The van der Waals surface area contributed by atoms with Gasteiger partial charge >= 0.3 is 0 Å². The second kappa shape index (κ2) is 10.6. The summed E-state index contributed by atoms with van der Waals surface area (Å²) >= 11 is 1.87. The number of hydrogen-bond donors (Lipinski definition) is 0. The van der Waals surface area contributed by atoms with E-state index in [2.05, 4.69) is 170 Å². The Balaban J connectivity index is 1.20. The van der Waals surface area contributed by atoms with Gasteiger partial charge in [-0.05, 0) is 90.3 Å². The third kappa shape index (κ3) is 4.36. The fraction of sp³-hybridized carbons (Fsp3) is 0. The molecule has 1 heterocycles. The molecule has 1 aromatic heterocycles. The molecule has 210 valence electrons. The van der Waals surface area contributed by atoms with Crippen LogP contribution in [0, 0.1) is 0 Å².